The zero-order valence-electron chi connectivity index (χ0n) is 21.1. The summed E-state index contributed by atoms with van der Waals surface area (Å²) in [5.41, 5.74) is 2.96. The molecule has 0 amide bonds. The molecule has 5 aromatic rings. The highest BCUT2D eigenvalue weighted by atomic mass is 35.5. The van der Waals surface area contributed by atoms with Gasteiger partial charge in [0.25, 0.3) is 0 Å². The standard InChI is InChI=1S/C31H24ClNO6/c1-17(2)38-22-11-7-18(8-12-22)26-25(39-23-13-9-21(32)10-14-23)16-15-24-27(26)28(31(36)37)29(33-24)19-3-5-20(6-4-19)30(34)35/h3-17,33H,1-2H3,(H,34,35)(H,36,37). The first kappa shape index (κ1) is 25.9. The maximum absolute atomic E-state index is 12.7. The molecule has 0 saturated heterocycles. The molecule has 0 aliphatic heterocycles. The van der Waals surface area contributed by atoms with E-state index >= 15 is 0 Å². The lowest BCUT2D eigenvalue weighted by atomic mass is 9.95. The lowest BCUT2D eigenvalue weighted by molar-refractivity contribution is 0.0687. The molecule has 0 unspecified atom stereocenters. The van der Waals surface area contributed by atoms with Gasteiger partial charge in [0.1, 0.15) is 17.2 Å². The number of hydrogen-bond donors (Lipinski definition) is 3. The smallest absolute Gasteiger partial charge is 0.338 e. The normalized spacial score (nSPS) is 11.1. The number of H-pyrrole nitrogens is 1. The highest BCUT2D eigenvalue weighted by Gasteiger charge is 2.25. The van der Waals surface area contributed by atoms with Gasteiger partial charge in [-0.15, -0.1) is 0 Å². The molecular weight excluding hydrogens is 518 g/mol. The number of aromatic nitrogens is 1. The Morgan fingerprint density at radius 3 is 1.97 bits per heavy atom. The molecule has 4 aromatic carbocycles. The van der Waals surface area contributed by atoms with Crippen molar-refractivity contribution in [2.24, 2.45) is 0 Å². The number of carboxylic acid groups (broad SMARTS) is 2. The van der Waals surface area contributed by atoms with Crippen molar-refractivity contribution in [3.8, 4) is 39.6 Å². The van der Waals surface area contributed by atoms with Gasteiger partial charge in [-0.2, -0.15) is 0 Å². The Labute approximate surface area is 229 Å². The fraction of sp³-hybridized carbons (Fsp3) is 0.0968. The molecular formula is C31H24ClNO6. The predicted molar refractivity (Wildman–Crippen MR) is 150 cm³/mol. The summed E-state index contributed by atoms with van der Waals surface area (Å²) in [6.45, 7) is 3.88. The molecule has 0 radical (unpaired) electrons. The van der Waals surface area contributed by atoms with E-state index in [-0.39, 0.29) is 17.2 Å². The third-order valence-corrected chi connectivity index (χ3v) is 6.37. The number of aromatic carboxylic acids is 2. The zero-order chi connectivity index (χ0) is 27.7. The van der Waals surface area contributed by atoms with Crippen LogP contribution >= 0.6 is 11.6 Å². The Hall–Kier alpha value is -4.75. The van der Waals surface area contributed by atoms with Crippen LogP contribution in [-0.4, -0.2) is 33.2 Å². The minimum absolute atomic E-state index is 0.00133. The van der Waals surface area contributed by atoms with E-state index in [4.69, 9.17) is 21.1 Å². The monoisotopic (exact) mass is 541 g/mol. The average molecular weight is 542 g/mol. The van der Waals surface area contributed by atoms with Gasteiger partial charge in [-0.3, -0.25) is 0 Å². The van der Waals surface area contributed by atoms with E-state index in [1.807, 2.05) is 38.1 Å². The number of aromatic amines is 1. The molecule has 8 heteroatoms. The molecule has 0 bridgehead atoms. The summed E-state index contributed by atoms with van der Waals surface area (Å²) in [6, 6.07) is 23.9. The molecule has 39 heavy (non-hydrogen) atoms. The Kier molecular flexibility index (Phi) is 7.00. The van der Waals surface area contributed by atoms with Gasteiger partial charge in [0.05, 0.1) is 22.9 Å². The van der Waals surface area contributed by atoms with E-state index in [2.05, 4.69) is 4.98 Å². The first-order chi connectivity index (χ1) is 18.7. The van der Waals surface area contributed by atoms with Crippen LogP contribution in [0.25, 0.3) is 33.3 Å². The van der Waals surface area contributed by atoms with Crippen molar-refractivity contribution >= 4 is 34.4 Å². The number of nitrogens with one attached hydrogen (secondary N) is 1. The largest absolute Gasteiger partial charge is 0.491 e. The number of hydrogen-bond acceptors (Lipinski definition) is 4. The minimum Gasteiger partial charge on any atom is -0.491 e. The second kappa shape index (κ2) is 10.6. The average Bonchev–Trinajstić information content (AvgIpc) is 3.30. The fourth-order valence-electron chi connectivity index (χ4n) is 4.45. The molecule has 196 valence electrons. The summed E-state index contributed by atoms with van der Waals surface area (Å²) >= 11 is 6.04. The van der Waals surface area contributed by atoms with Crippen LogP contribution in [0.1, 0.15) is 34.6 Å². The first-order valence-electron chi connectivity index (χ1n) is 12.2. The van der Waals surface area contributed by atoms with Crippen molar-refractivity contribution in [3.63, 3.8) is 0 Å². The lowest BCUT2D eigenvalue weighted by Gasteiger charge is -2.15. The number of fused-ring (bicyclic) bond motifs is 1. The summed E-state index contributed by atoms with van der Waals surface area (Å²) in [6.07, 6.45) is 0.00133. The topological polar surface area (TPSA) is 109 Å². The summed E-state index contributed by atoms with van der Waals surface area (Å²) in [4.78, 5) is 27.3. The fourth-order valence-corrected chi connectivity index (χ4v) is 4.58. The van der Waals surface area contributed by atoms with E-state index in [9.17, 15) is 19.8 Å². The highest BCUT2D eigenvalue weighted by Crippen LogP contribution is 2.44. The van der Waals surface area contributed by atoms with Gasteiger partial charge in [0.15, 0.2) is 0 Å². The van der Waals surface area contributed by atoms with E-state index < -0.39 is 11.9 Å². The molecule has 7 nitrogen and oxygen atoms in total. The van der Waals surface area contributed by atoms with E-state index in [0.717, 1.165) is 5.56 Å². The third-order valence-electron chi connectivity index (χ3n) is 6.12. The van der Waals surface area contributed by atoms with E-state index in [1.54, 1.807) is 48.5 Å². The zero-order valence-corrected chi connectivity index (χ0v) is 21.8. The maximum atomic E-state index is 12.7. The Balaban J connectivity index is 1.74. The summed E-state index contributed by atoms with van der Waals surface area (Å²) < 4.78 is 12.0. The SMILES string of the molecule is CC(C)Oc1ccc(-c2c(Oc3ccc(Cl)cc3)ccc3[nH]c(-c4ccc(C(=O)O)cc4)c(C(=O)O)c23)cc1. The van der Waals surface area contributed by atoms with Crippen LogP contribution in [0.5, 0.6) is 17.2 Å². The number of benzene rings is 4. The number of ether oxygens (including phenoxy) is 2. The second-order valence-corrected chi connectivity index (χ2v) is 9.61. The van der Waals surface area contributed by atoms with Crippen LogP contribution in [0.3, 0.4) is 0 Å². The molecule has 1 heterocycles. The van der Waals surface area contributed by atoms with Crippen molar-refractivity contribution in [1.82, 2.24) is 4.98 Å². The summed E-state index contributed by atoms with van der Waals surface area (Å²) in [5, 5.41) is 20.7. The van der Waals surface area contributed by atoms with Crippen molar-refractivity contribution in [2.45, 2.75) is 20.0 Å². The molecule has 0 saturated carbocycles. The van der Waals surface area contributed by atoms with Crippen LogP contribution in [-0.2, 0) is 0 Å². The Morgan fingerprint density at radius 2 is 1.38 bits per heavy atom. The van der Waals surface area contributed by atoms with E-state index in [0.29, 0.717) is 50.0 Å². The van der Waals surface area contributed by atoms with Crippen molar-refractivity contribution < 1.29 is 29.3 Å². The van der Waals surface area contributed by atoms with Gasteiger partial charge in [0.2, 0.25) is 0 Å². The van der Waals surface area contributed by atoms with Crippen molar-refractivity contribution in [2.75, 3.05) is 0 Å². The van der Waals surface area contributed by atoms with Gasteiger partial charge in [-0.1, -0.05) is 35.9 Å². The molecule has 5 rings (SSSR count). The lowest BCUT2D eigenvalue weighted by Crippen LogP contribution is -2.05. The van der Waals surface area contributed by atoms with Crippen LogP contribution in [0, 0.1) is 0 Å². The third kappa shape index (κ3) is 5.30. The summed E-state index contributed by atoms with van der Waals surface area (Å²) in [5.74, 6) is -0.517. The minimum atomic E-state index is -1.14. The van der Waals surface area contributed by atoms with Crippen molar-refractivity contribution in [3.05, 3.63) is 101 Å². The quantitative estimate of drug-likeness (QED) is 0.183. The van der Waals surface area contributed by atoms with Crippen molar-refractivity contribution in [1.29, 1.82) is 0 Å². The van der Waals surface area contributed by atoms with Crippen LogP contribution in [0.15, 0.2) is 84.9 Å². The van der Waals surface area contributed by atoms with Gasteiger partial charge in [-0.05, 0) is 85.6 Å². The maximum Gasteiger partial charge on any atom is 0.338 e. The molecule has 0 spiro atoms. The molecule has 0 fully saturated rings. The van der Waals surface area contributed by atoms with Gasteiger partial charge in [-0.25, -0.2) is 9.59 Å². The van der Waals surface area contributed by atoms with Gasteiger partial charge < -0.3 is 24.7 Å². The molecule has 3 N–H and O–H groups in total. The predicted octanol–water partition coefficient (Wildman–Crippen LogP) is 8.13. The van der Waals surface area contributed by atoms with Crippen LogP contribution in [0.2, 0.25) is 5.02 Å². The number of halogens is 1. The Morgan fingerprint density at radius 1 is 0.769 bits per heavy atom. The number of carbonyl (C=O) groups is 2. The van der Waals surface area contributed by atoms with Crippen LogP contribution in [0.4, 0.5) is 0 Å². The molecule has 0 atom stereocenters. The Bertz CT molecular complexity index is 1670. The number of carboxylic acids is 2. The molecule has 1 aromatic heterocycles. The molecule has 0 aliphatic carbocycles. The highest BCUT2D eigenvalue weighted by molar-refractivity contribution is 6.30. The molecule has 0 aliphatic rings. The van der Waals surface area contributed by atoms with Gasteiger partial charge in [0, 0.05) is 21.5 Å². The summed E-state index contributed by atoms with van der Waals surface area (Å²) in [7, 11) is 0. The number of rotatable bonds is 8. The second-order valence-electron chi connectivity index (χ2n) is 9.17. The van der Waals surface area contributed by atoms with Gasteiger partial charge >= 0.3 is 11.9 Å². The van der Waals surface area contributed by atoms with E-state index in [1.165, 1.54) is 12.1 Å². The van der Waals surface area contributed by atoms with Crippen LogP contribution < -0.4 is 9.47 Å². The first-order valence-corrected chi connectivity index (χ1v) is 12.5.